The number of hydrogen-bond acceptors (Lipinski definition) is 10. The van der Waals surface area contributed by atoms with Gasteiger partial charge in [-0.2, -0.15) is 8.42 Å². The third-order valence-electron chi connectivity index (χ3n) is 8.27. The first kappa shape index (κ1) is 35.8. The fraction of sp³-hybridized carbons (Fsp3) is 0.452. The van der Waals surface area contributed by atoms with Crippen molar-refractivity contribution in [3.8, 4) is 0 Å². The Morgan fingerprint density at radius 1 is 1.13 bits per heavy atom. The summed E-state index contributed by atoms with van der Waals surface area (Å²) in [4.78, 5) is 43.0. The maximum atomic E-state index is 13.1. The molecule has 16 heteroatoms. The lowest BCUT2D eigenvalue weighted by atomic mass is 9.89. The van der Waals surface area contributed by atoms with E-state index in [4.69, 9.17) is 18.1 Å². The summed E-state index contributed by atoms with van der Waals surface area (Å²) in [5, 5.41) is 5.22. The van der Waals surface area contributed by atoms with Crippen molar-refractivity contribution >= 4 is 34.8 Å². The van der Waals surface area contributed by atoms with E-state index in [1.54, 1.807) is 0 Å². The van der Waals surface area contributed by atoms with E-state index in [0.29, 0.717) is 0 Å². The second-order valence-corrected chi connectivity index (χ2v) is 18.5. The van der Waals surface area contributed by atoms with Crippen molar-refractivity contribution in [1.82, 2.24) is 9.55 Å². The molecule has 2 aromatic carbocycles. The fourth-order valence-electron chi connectivity index (χ4n) is 6.22. The van der Waals surface area contributed by atoms with Crippen molar-refractivity contribution in [2.24, 2.45) is 5.11 Å². The SMILES string of the molecule is CC(=O)O[C@H]1[C@H](n2cc(C)c(=O)[nH]c2=O)O[C@@](CO[Si](c2ccccc2)(c2ccccc2)C(C)(C)C)(C(C)OS(C)(=O)=O)[C@H]1N=[N+]=[N-]. The first-order valence-corrected chi connectivity index (χ1v) is 18.5. The summed E-state index contributed by atoms with van der Waals surface area (Å²) in [6, 6.07) is 17.7. The zero-order valence-electron chi connectivity index (χ0n) is 27.2. The topological polar surface area (TPSA) is 192 Å². The third-order valence-corrected chi connectivity index (χ3v) is 13.9. The van der Waals surface area contributed by atoms with Crippen LogP contribution in [0.3, 0.4) is 0 Å². The van der Waals surface area contributed by atoms with Crippen LogP contribution < -0.4 is 21.6 Å². The van der Waals surface area contributed by atoms with Gasteiger partial charge >= 0.3 is 11.7 Å². The second-order valence-electron chi connectivity index (χ2n) is 12.6. The molecule has 0 amide bonds. The minimum absolute atomic E-state index is 0.136. The van der Waals surface area contributed by atoms with Crippen LogP contribution in [0.5, 0.6) is 0 Å². The maximum Gasteiger partial charge on any atom is 0.330 e. The van der Waals surface area contributed by atoms with Crippen molar-refractivity contribution in [1.29, 1.82) is 0 Å². The summed E-state index contributed by atoms with van der Waals surface area (Å²) >= 11 is 0. The second kappa shape index (κ2) is 13.6. The van der Waals surface area contributed by atoms with Gasteiger partial charge in [0, 0.05) is 23.6 Å². The molecular formula is C31H39N5O9SSi. The van der Waals surface area contributed by atoms with Crippen molar-refractivity contribution < 1.29 is 31.3 Å². The molecule has 1 N–H and O–H groups in total. The van der Waals surface area contributed by atoms with Crippen LogP contribution in [0.25, 0.3) is 10.4 Å². The van der Waals surface area contributed by atoms with Gasteiger partial charge in [-0.3, -0.25) is 23.3 Å². The van der Waals surface area contributed by atoms with Crippen LogP contribution in [0.1, 0.15) is 46.4 Å². The number of aromatic nitrogens is 2. The highest BCUT2D eigenvalue weighted by atomic mass is 32.2. The number of H-pyrrole nitrogens is 1. The quantitative estimate of drug-likeness (QED) is 0.0789. The molecule has 0 saturated carbocycles. The van der Waals surface area contributed by atoms with Crippen LogP contribution in [0.2, 0.25) is 5.04 Å². The summed E-state index contributed by atoms with van der Waals surface area (Å²) in [6.45, 7) is 9.68. The number of nitrogens with one attached hydrogen (secondary N) is 1. The molecular weight excluding hydrogens is 647 g/mol. The minimum Gasteiger partial charge on any atom is -0.457 e. The van der Waals surface area contributed by atoms with E-state index in [0.717, 1.165) is 28.1 Å². The Labute approximate surface area is 273 Å². The lowest BCUT2D eigenvalue weighted by Gasteiger charge is -2.46. The smallest absolute Gasteiger partial charge is 0.330 e. The molecule has 5 atom stereocenters. The van der Waals surface area contributed by atoms with Gasteiger partial charge in [0.2, 0.25) is 0 Å². The molecule has 1 aliphatic rings. The summed E-state index contributed by atoms with van der Waals surface area (Å²) in [5.41, 5.74) is 6.42. The van der Waals surface area contributed by atoms with E-state index in [-0.39, 0.29) is 5.56 Å². The number of aryl methyl sites for hydroxylation is 1. The van der Waals surface area contributed by atoms with Crippen LogP contribution >= 0.6 is 0 Å². The molecule has 0 bridgehead atoms. The molecule has 1 aliphatic heterocycles. The number of carbonyl (C=O) groups is 1. The highest BCUT2D eigenvalue weighted by molar-refractivity contribution is 7.86. The number of aromatic amines is 1. The number of nitrogens with zero attached hydrogens (tertiary/aromatic N) is 4. The van der Waals surface area contributed by atoms with Crippen molar-refractivity contribution in [2.45, 2.75) is 76.7 Å². The number of azide groups is 1. The standard InChI is InChI=1S/C31H39N5O9SSi/c1-20-18-36(29(39)33-27(20)38)28-25(43-22(3)37)26(34-35-32)31(44-28,21(2)45-46(7,40)41)19-42-47(30(4,5)6,23-14-10-8-11-15-23)24-16-12-9-13-17-24/h8-18,21,25-26,28H,19H2,1-7H3,(H,33,38,39)/t21?,25-,26+,28-,31+/m1/s1. The van der Waals surface area contributed by atoms with Crippen molar-refractivity contribution in [2.75, 3.05) is 12.9 Å². The molecule has 0 spiro atoms. The van der Waals surface area contributed by atoms with Gasteiger partial charge in [0.15, 0.2) is 12.3 Å². The Morgan fingerprint density at radius 2 is 1.68 bits per heavy atom. The molecule has 47 heavy (non-hydrogen) atoms. The monoisotopic (exact) mass is 685 g/mol. The minimum atomic E-state index is -4.15. The molecule has 0 radical (unpaired) electrons. The zero-order chi connectivity index (χ0) is 34.8. The third kappa shape index (κ3) is 7.12. The van der Waals surface area contributed by atoms with Gasteiger partial charge < -0.3 is 13.9 Å². The van der Waals surface area contributed by atoms with Gasteiger partial charge in [0.25, 0.3) is 24.0 Å². The van der Waals surface area contributed by atoms with Gasteiger partial charge in [-0.05, 0) is 34.8 Å². The summed E-state index contributed by atoms with van der Waals surface area (Å²) < 4.78 is 51.0. The highest BCUT2D eigenvalue weighted by Crippen LogP contribution is 2.46. The number of ether oxygens (including phenoxy) is 2. The predicted octanol–water partition coefficient (Wildman–Crippen LogP) is 2.66. The summed E-state index contributed by atoms with van der Waals surface area (Å²) in [5.74, 6) is -0.795. The number of carbonyl (C=O) groups excluding carboxylic acids is 1. The van der Waals surface area contributed by atoms with Crippen LogP contribution in [-0.4, -0.2) is 69.0 Å². The van der Waals surface area contributed by atoms with E-state index in [9.17, 15) is 28.3 Å². The average Bonchev–Trinajstić information content (AvgIpc) is 3.28. The van der Waals surface area contributed by atoms with Crippen LogP contribution in [0, 0.1) is 6.92 Å². The van der Waals surface area contributed by atoms with Gasteiger partial charge in [-0.15, -0.1) is 0 Å². The lowest BCUT2D eigenvalue weighted by Crippen LogP contribution is -2.69. The lowest BCUT2D eigenvalue weighted by molar-refractivity contribution is -0.161. The summed E-state index contributed by atoms with van der Waals surface area (Å²) in [7, 11) is -7.50. The Morgan fingerprint density at radius 3 is 2.15 bits per heavy atom. The van der Waals surface area contributed by atoms with Gasteiger partial charge in [0.05, 0.1) is 12.9 Å². The van der Waals surface area contributed by atoms with E-state index in [1.165, 1.54) is 20.0 Å². The molecule has 4 rings (SSSR count). The maximum absolute atomic E-state index is 13.1. The average molecular weight is 686 g/mol. The van der Waals surface area contributed by atoms with Crippen LogP contribution in [-0.2, 0) is 33.0 Å². The molecule has 1 fully saturated rings. The Hall–Kier alpha value is -4.05. The van der Waals surface area contributed by atoms with Crippen LogP contribution in [0.15, 0.2) is 81.6 Å². The molecule has 1 aromatic heterocycles. The van der Waals surface area contributed by atoms with Gasteiger partial charge in [-0.25, -0.2) is 4.79 Å². The number of benzene rings is 2. The molecule has 1 unspecified atom stereocenters. The van der Waals surface area contributed by atoms with Crippen LogP contribution in [0.4, 0.5) is 0 Å². The molecule has 252 valence electrons. The Balaban J connectivity index is 2.02. The molecule has 2 heterocycles. The predicted molar refractivity (Wildman–Crippen MR) is 176 cm³/mol. The van der Waals surface area contributed by atoms with E-state index in [1.807, 2.05) is 81.4 Å². The summed E-state index contributed by atoms with van der Waals surface area (Å²) in [6.07, 6.45) is -2.30. The number of esters is 1. The normalized spacial score (nSPS) is 22.3. The van der Waals surface area contributed by atoms with E-state index < -0.39 is 77.4 Å². The largest absolute Gasteiger partial charge is 0.457 e. The molecule has 14 nitrogen and oxygen atoms in total. The van der Waals surface area contributed by atoms with E-state index in [2.05, 4.69) is 15.0 Å². The van der Waals surface area contributed by atoms with Gasteiger partial charge in [-0.1, -0.05) is 86.5 Å². The number of rotatable bonds is 11. The molecule has 0 aliphatic carbocycles. The van der Waals surface area contributed by atoms with Crippen molar-refractivity contribution in [3.05, 3.63) is 104 Å². The zero-order valence-corrected chi connectivity index (χ0v) is 29.1. The number of hydrogen-bond donors (Lipinski definition) is 1. The Bertz CT molecular complexity index is 1830. The fourth-order valence-corrected chi connectivity index (χ4v) is 11.5. The first-order valence-electron chi connectivity index (χ1n) is 14.8. The van der Waals surface area contributed by atoms with Gasteiger partial charge in [0.1, 0.15) is 17.7 Å². The molecule has 1 saturated heterocycles. The first-order chi connectivity index (χ1) is 22.0. The highest BCUT2D eigenvalue weighted by Gasteiger charge is 2.63. The molecule has 3 aromatic rings. The van der Waals surface area contributed by atoms with E-state index >= 15 is 0 Å². The Kier molecular flexibility index (Phi) is 10.3. The van der Waals surface area contributed by atoms with Crippen molar-refractivity contribution in [3.63, 3.8) is 0 Å².